The molecular formula is C27H28N2O3. The van der Waals surface area contributed by atoms with E-state index in [1.165, 1.54) is 0 Å². The molecule has 0 atom stereocenters. The number of carboxylic acids is 1. The highest BCUT2D eigenvalue weighted by Gasteiger charge is 2.19. The first kappa shape index (κ1) is 21.5. The van der Waals surface area contributed by atoms with E-state index in [1.54, 1.807) is 0 Å². The van der Waals surface area contributed by atoms with Gasteiger partial charge < -0.3 is 19.7 Å². The average molecular weight is 429 g/mol. The monoisotopic (exact) mass is 428 g/mol. The van der Waals surface area contributed by atoms with Gasteiger partial charge in [0.05, 0.1) is 12.1 Å². The van der Waals surface area contributed by atoms with Crippen molar-refractivity contribution in [1.29, 1.82) is 0 Å². The van der Waals surface area contributed by atoms with E-state index in [0.717, 1.165) is 44.6 Å². The molecule has 0 bridgehead atoms. The van der Waals surface area contributed by atoms with Crippen LogP contribution in [0.3, 0.4) is 0 Å². The Labute approximate surface area is 188 Å². The summed E-state index contributed by atoms with van der Waals surface area (Å²) in [6, 6.07) is 22.1. The fourth-order valence-electron chi connectivity index (χ4n) is 4.11. The number of H-pyrrole nitrogens is 1. The third kappa shape index (κ3) is 4.33. The van der Waals surface area contributed by atoms with Crippen LogP contribution in [0.1, 0.15) is 28.0 Å². The summed E-state index contributed by atoms with van der Waals surface area (Å²) in [5, 5.41) is 10.8. The van der Waals surface area contributed by atoms with Gasteiger partial charge >= 0.3 is 5.97 Å². The van der Waals surface area contributed by atoms with Crippen LogP contribution in [-0.2, 0) is 6.42 Å². The Morgan fingerprint density at radius 2 is 1.75 bits per heavy atom. The van der Waals surface area contributed by atoms with E-state index >= 15 is 0 Å². The first-order chi connectivity index (χ1) is 15.5. The zero-order valence-corrected chi connectivity index (χ0v) is 18.7. The van der Waals surface area contributed by atoms with Crippen molar-refractivity contribution in [3.05, 3.63) is 83.6 Å². The zero-order valence-electron chi connectivity index (χ0n) is 18.7. The lowest BCUT2D eigenvalue weighted by molar-refractivity contribution is 0.0690. The van der Waals surface area contributed by atoms with Gasteiger partial charge in [0.1, 0.15) is 11.4 Å². The van der Waals surface area contributed by atoms with Gasteiger partial charge in [0.25, 0.3) is 0 Å². The zero-order chi connectivity index (χ0) is 22.7. The number of carbonyl (C=O) groups is 1. The summed E-state index contributed by atoms with van der Waals surface area (Å²) in [5.74, 6) is -0.123. The van der Waals surface area contributed by atoms with E-state index in [4.69, 9.17) is 4.74 Å². The maximum atomic E-state index is 12.0. The summed E-state index contributed by atoms with van der Waals surface area (Å²) < 4.78 is 5.93. The summed E-state index contributed by atoms with van der Waals surface area (Å²) in [5.41, 5.74) is 6.31. The molecule has 0 aliphatic carbocycles. The molecule has 5 nitrogen and oxygen atoms in total. The Hall–Kier alpha value is -3.73. The number of hydrogen-bond donors (Lipinski definition) is 2. The van der Waals surface area contributed by atoms with Gasteiger partial charge in [-0.3, -0.25) is 0 Å². The molecule has 0 aliphatic heterocycles. The van der Waals surface area contributed by atoms with Gasteiger partial charge in [0, 0.05) is 36.8 Å². The highest BCUT2D eigenvalue weighted by atomic mass is 16.5. The van der Waals surface area contributed by atoms with E-state index in [-0.39, 0.29) is 5.69 Å². The topological polar surface area (TPSA) is 65.6 Å². The lowest BCUT2D eigenvalue weighted by atomic mass is 9.97. The van der Waals surface area contributed by atoms with Gasteiger partial charge in [-0.2, -0.15) is 0 Å². The molecule has 4 aromatic rings. The molecule has 3 aromatic carbocycles. The summed E-state index contributed by atoms with van der Waals surface area (Å²) >= 11 is 0. The van der Waals surface area contributed by atoms with E-state index < -0.39 is 5.97 Å². The quantitative estimate of drug-likeness (QED) is 0.342. The molecule has 2 N–H and O–H groups in total. The molecule has 1 heterocycles. The molecule has 0 spiro atoms. The number of fused-ring (bicyclic) bond motifs is 1. The van der Waals surface area contributed by atoms with Crippen LogP contribution in [0.5, 0.6) is 5.75 Å². The first-order valence-corrected chi connectivity index (χ1v) is 10.8. The van der Waals surface area contributed by atoms with Crippen LogP contribution in [0, 0.1) is 6.92 Å². The van der Waals surface area contributed by atoms with E-state index in [2.05, 4.69) is 24.0 Å². The average Bonchev–Trinajstić information content (AvgIpc) is 3.16. The highest BCUT2D eigenvalue weighted by molar-refractivity contribution is 6.03. The normalized spacial score (nSPS) is 11.0. The largest absolute Gasteiger partial charge is 0.494 e. The second-order valence-corrected chi connectivity index (χ2v) is 8.17. The Balaban J connectivity index is 1.58. The number of para-hydroxylation sites is 1. The van der Waals surface area contributed by atoms with Crippen molar-refractivity contribution in [2.45, 2.75) is 19.8 Å². The van der Waals surface area contributed by atoms with Gasteiger partial charge in [0.15, 0.2) is 0 Å². The number of benzene rings is 3. The van der Waals surface area contributed by atoms with Crippen molar-refractivity contribution >= 4 is 22.6 Å². The minimum absolute atomic E-state index is 0.260. The number of aromatic carboxylic acids is 1. The number of hydrogen-bond acceptors (Lipinski definition) is 3. The number of anilines is 1. The Morgan fingerprint density at radius 3 is 2.50 bits per heavy atom. The summed E-state index contributed by atoms with van der Waals surface area (Å²) in [6.45, 7) is 2.58. The van der Waals surface area contributed by atoms with Crippen LogP contribution in [0.4, 0.5) is 5.69 Å². The SMILES string of the molecule is Cc1ccccc1-c1cccc2c(CCCOc3cccc(N(C)C)c3)c(C(=O)O)[nH]c12. The van der Waals surface area contributed by atoms with Gasteiger partial charge in [0.2, 0.25) is 0 Å². The molecule has 164 valence electrons. The van der Waals surface area contributed by atoms with Crippen molar-refractivity contribution in [1.82, 2.24) is 4.98 Å². The second kappa shape index (κ2) is 9.18. The number of aryl methyl sites for hydroxylation is 2. The third-order valence-corrected chi connectivity index (χ3v) is 5.76. The van der Waals surface area contributed by atoms with Gasteiger partial charge in [-0.25, -0.2) is 4.79 Å². The second-order valence-electron chi connectivity index (χ2n) is 8.17. The first-order valence-electron chi connectivity index (χ1n) is 10.8. The molecule has 0 fully saturated rings. The van der Waals surface area contributed by atoms with Crippen molar-refractivity contribution < 1.29 is 14.6 Å². The van der Waals surface area contributed by atoms with Crippen LogP contribution in [0.15, 0.2) is 66.7 Å². The van der Waals surface area contributed by atoms with Gasteiger partial charge in [-0.15, -0.1) is 0 Å². The molecule has 0 saturated carbocycles. The Morgan fingerprint density at radius 1 is 1.00 bits per heavy atom. The predicted octanol–water partition coefficient (Wildman–Crippen LogP) is 5.92. The van der Waals surface area contributed by atoms with E-state index in [0.29, 0.717) is 19.4 Å². The molecule has 0 saturated heterocycles. The van der Waals surface area contributed by atoms with Crippen molar-refractivity contribution in [2.24, 2.45) is 0 Å². The molecule has 0 radical (unpaired) electrons. The molecule has 0 unspecified atom stereocenters. The van der Waals surface area contributed by atoms with Crippen molar-refractivity contribution in [2.75, 3.05) is 25.6 Å². The van der Waals surface area contributed by atoms with Crippen LogP contribution < -0.4 is 9.64 Å². The maximum Gasteiger partial charge on any atom is 0.352 e. The molecular weight excluding hydrogens is 400 g/mol. The number of aromatic nitrogens is 1. The number of nitrogens with one attached hydrogen (secondary N) is 1. The third-order valence-electron chi connectivity index (χ3n) is 5.76. The fraction of sp³-hybridized carbons (Fsp3) is 0.222. The molecule has 4 rings (SSSR count). The molecule has 1 aromatic heterocycles. The fourth-order valence-corrected chi connectivity index (χ4v) is 4.11. The summed E-state index contributed by atoms with van der Waals surface area (Å²) in [4.78, 5) is 17.2. The Kier molecular flexibility index (Phi) is 6.17. The lowest BCUT2D eigenvalue weighted by Gasteiger charge is -2.14. The van der Waals surface area contributed by atoms with Gasteiger partial charge in [-0.1, -0.05) is 48.5 Å². The minimum Gasteiger partial charge on any atom is -0.494 e. The van der Waals surface area contributed by atoms with Gasteiger partial charge in [-0.05, 0) is 48.6 Å². The number of carboxylic acid groups (broad SMARTS) is 1. The van der Waals surface area contributed by atoms with Crippen molar-refractivity contribution in [3.8, 4) is 16.9 Å². The standard InChI is InChI=1S/C27H28N2O3/c1-18-9-4-5-12-21(18)22-13-7-14-23-24(26(27(30)31)28-25(22)23)15-8-16-32-20-11-6-10-19(17-20)29(2)3/h4-7,9-14,17,28H,8,15-16H2,1-3H3,(H,30,31). The van der Waals surface area contributed by atoms with Crippen LogP contribution >= 0.6 is 0 Å². The smallest absolute Gasteiger partial charge is 0.352 e. The number of nitrogens with zero attached hydrogens (tertiary/aromatic N) is 1. The Bertz CT molecular complexity index is 1260. The number of aromatic amines is 1. The minimum atomic E-state index is -0.938. The highest BCUT2D eigenvalue weighted by Crippen LogP contribution is 2.34. The number of ether oxygens (including phenoxy) is 1. The lowest BCUT2D eigenvalue weighted by Crippen LogP contribution is -2.09. The number of rotatable bonds is 8. The molecule has 5 heteroatoms. The molecule has 32 heavy (non-hydrogen) atoms. The molecule has 0 amide bonds. The van der Waals surface area contributed by atoms with Crippen LogP contribution in [0.2, 0.25) is 0 Å². The summed E-state index contributed by atoms with van der Waals surface area (Å²) in [6.07, 6.45) is 1.33. The van der Waals surface area contributed by atoms with E-state index in [1.807, 2.05) is 73.6 Å². The maximum absolute atomic E-state index is 12.0. The van der Waals surface area contributed by atoms with Crippen LogP contribution in [-0.4, -0.2) is 36.8 Å². The van der Waals surface area contributed by atoms with E-state index in [9.17, 15) is 9.90 Å². The van der Waals surface area contributed by atoms with Crippen molar-refractivity contribution in [3.63, 3.8) is 0 Å². The molecule has 0 aliphatic rings. The summed E-state index contributed by atoms with van der Waals surface area (Å²) in [7, 11) is 3.99. The predicted molar refractivity (Wildman–Crippen MR) is 130 cm³/mol. The van der Waals surface area contributed by atoms with Crippen LogP contribution in [0.25, 0.3) is 22.0 Å².